The first-order valence-corrected chi connectivity index (χ1v) is 4.10. The van der Waals surface area contributed by atoms with Crippen LogP contribution in [0.5, 0.6) is 0 Å². The molecule has 0 bridgehead atoms. The molecule has 70 valence electrons. The zero-order valence-corrected chi connectivity index (χ0v) is 7.64. The number of nitrogens with zero attached hydrogens (tertiary/aromatic N) is 2. The lowest BCUT2D eigenvalue weighted by molar-refractivity contribution is -0.727. The van der Waals surface area contributed by atoms with E-state index in [9.17, 15) is 4.79 Å². The molecule has 0 fully saturated rings. The normalized spacial score (nSPS) is 9.62. The lowest BCUT2D eigenvalue weighted by Crippen LogP contribution is -2.33. The molecule has 1 rings (SSSR count). The van der Waals surface area contributed by atoms with E-state index in [2.05, 4.69) is 6.58 Å². The molecule has 0 saturated carbocycles. The van der Waals surface area contributed by atoms with Gasteiger partial charge in [0.2, 0.25) is 13.1 Å². The lowest BCUT2D eigenvalue weighted by Gasteiger charge is -1.96. The van der Waals surface area contributed by atoms with Crippen LogP contribution >= 0.6 is 0 Å². The van der Waals surface area contributed by atoms with E-state index in [1.54, 1.807) is 4.57 Å². The maximum atomic E-state index is 10.7. The average Bonchev–Trinajstić information content (AvgIpc) is 2.61. The molecule has 0 spiro atoms. The molecule has 0 amide bonds. The van der Waals surface area contributed by atoms with E-state index in [-0.39, 0.29) is 6.73 Å². The summed E-state index contributed by atoms with van der Waals surface area (Å²) in [6, 6.07) is 0. The fourth-order valence-corrected chi connectivity index (χ4v) is 0.899. The number of esters is 1. The van der Waals surface area contributed by atoms with Crippen molar-refractivity contribution in [2.45, 2.75) is 20.2 Å². The molecule has 4 heteroatoms. The van der Waals surface area contributed by atoms with Gasteiger partial charge in [0, 0.05) is 6.08 Å². The summed E-state index contributed by atoms with van der Waals surface area (Å²) in [6.45, 7) is 6.49. The van der Waals surface area contributed by atoms with Gasteiger partial charge in [-0.3, -0.25) is 0 Å². The smallest absolute Gasteiger partial charge is 0.333 e. The van der Waals surface area contributed by atoms with Crippen molar-refractivity contribution in [1.29, 1.82) is 0 Å². The second-order valence-electron chi connectivity index (χ2n) is 2.55. The number of aryl methyl sites for hydroxylation is 1. The summed E-state index contributed by atoms with van der Waals surface area (Å²) in [5, 5.41) is 0. The Kier molecular flexibility index (Phi) is 3.25. The fourth-order valence-electron chi connectivity index (χ4n) is 0.899. The zero-order chi connectivity index (χ0) is 9.68. The van der Waals surface area contributed by atoms with Crippen LogP contribution in [0.4, 0.5) is 0 Å². The maximum Gasteiger partial charge on any atom is 0.333 e. The summed E-state index contributed by atoms with van der Waals surface area (Å²) in [7, 11) is 0. The monoisotopic (exact) mass is 181 g/mol. The van der Waals surface area contributed by atoms with Crippen molar-refractivity contribution in [3.63, 3.8) is 0 Å². The number of carbonyl (C=O) groups is 1. The van der Waals surface area contributed by atoms with E-state index in [1.165, 1.54) is 0 Å². The molecule has 0 unspecified atom stereocenters. The molecule has 1 heterocycles. The molecule has 0 N–H and O–H groups in total. The van der Waals surface area contributed by atoms with Crippen molar-refractivity contribution in [1.82, 2.24) is 4.57 Å². The molecule has 0 aliphatic heterocycles. The molecule has 4 nitrogen and oxygen atoms in total. The minimum absolute atomic E-state index is 0.234. The van der Waals surface area contributed by atoms with Crippen LogP contribution in [0.25, 0.3) is 0 Å². The van der Waals surface area contributed by atoms with E-state index in [1.807, 2.05) is 30.2 Å². The minimum atomic E-state index is -0.406. The number of imidazole rings is 1. The molecule has 13 heavy (non-hydrogen) atoms. The third-order valence-corrected chi connectivity index (χ3v) is 1.63. The van der Waals surface area contributed by atoms with Crippen LogP contribution in [-0.2, 0) is 22.8 Å². The molecular weight excluding hydrogens is 168 g/mol. The summed E-state index contributed by atoms with van der Waals surface area (Å²) in [5.41, 5.74) is 0. The van der Waals surface area contributed by atoms with Crippen LogP contribution in [-0.4, -0.2) is 10.5 Å². The summed E-state index contributed by atoms with van der Waals surface area (Å²) in [5.74, 6) is -0.406. The number of carbonyl (C=O) groups excluding carboxylic acids is 1. The van der Waals surface area contributed by atoms with Crippen molar-refractivity contribution in [3.8, 4) is 0 Å². The summed E-state index contributed by atoms with van der Waals surface area (Å²) in [6.07, 6.45) is 6.79. The van der Waals surface area contributed by atoms with Gasteiger partial charge in [-0.2, -0.15) is 0 Å². The molecule has 0 saturated heterocycles. The Morgan fingerprint density at radius 3 is 3.08 bits per heavy atom. The topological polar surface area (TPSA) is 35.1 Å². The van der Waals surface area contributed by atoms with Crippen LogP contribution in [0, 0.1) is 0 Å². The van der Waals surface area contributed by atoms with Gasteiger partial charge in [-0.15, -0.1) is 0 Å². The fraction of sp³-hybridized carbons (Fsp3) is 0.333. The quantitative estimate of drug-likeness (QED) is 0.385. The van der Waals surface area contributed by atoms with Crippen molar-refractivity contribution in [3.05, 3.63) is 31.4 Å². The Bertz CT molecular complexity index is 304. The first-order valence-electron chi connectivity index (χ1n) is 4.10. The summed E-state index contributed by atoms with van der Waals surface area (Å²) < 4.78 is 8.60. The average molecular weight is 181 g/mol. The number of aromatic nitrogens is 2. The van der Waals surface area contributed by atoms with Gasteiger partial charge in [0.25, 0.3) is 0 Å². The molecule has 0 atom stereocenters. The van der Waals surface area contributed by atoms with Crippen molar-refractivity contribution in [2.75, 3.05) is 0 Å². The van der Waals surface area contributed by atoms with Gasteiger partial charge < -0.3 is 4.74 Å². The predicted molar refractivity (Wildman–Crippen MR) is 46.6 cm³/mol. The van der Waals surface area contributed by atoms with Gasteiger partial charge in [-0.25, -0.2) is 13.9 Å². The van der Waals surface area contributed by atoms with Gasteiger partial charge in [-0.1, -0.05) is 6.58 Å². The number of ether oxygens (including phenoxy) is 1. The molecule has 1 aromatic rings. The van der Waals surface area contributed by atoms with E-state index in [0.29, 0.717) is 0 Å². The number of hydrogen-bond acceptors (Lipinski definition) is 2. The zero-order valence-electron chi connectivity index (χ0n) is 7.64. The van der Waals surface area contributed by atoms with E-state index < -0.39 is 5.97 Å². The van der Waals surface area contributed by atoms with Gasteiger partial charge in [0.1, 0.15) is 12.4 Å². The Balaban J connectivity index is 2.45. The van der Waals surface area contributed by atoms with Crippen molar-refractivity contribution >= 4 is 5.97 Å². The molecule has 0 aliphatic rings. The highest BCUT2D eigenvalue weighted by atomic mass is 16.5. The summed E-state index contributed by atoms with van der Waals surface area (Å²) in [4.78, 5) is 10.7. The molecular formula is C9H13N2O2+. The van der Waals surface area contributed by atoms with Crippen LogP contribution in [0.3, 0.4) is 0 Å². The van der Waals surface area contributed by atoms with Crippen LogP contribution in [0.2, 0.25) is 0 Å². The molecule has 0 radical (unpaired) electrons. The van der Waals surface area contributed by atoms with Crippen LogP contribution in [0.15, 0.2) is 31.4 Å². The second kappa shape index (κ2) is 4.45. The second-order valence-corrected chi connectivity index (χ2v) is 2.55. The van der Waals surface area contributed by atoms with Gasteiger partial charge in [-0.05, 0) is 6.92 Å². The highest BCUT2D eigenvalue weighted by Crippen LogP contribution is 1.84. The number of hydrogen-bond donors (Lipinski definition) is 0. The minimum Gasteiger partial charge on any atom is -0.422 e. The third kappa shape index (κ3) is 2.74. The molecule has 0 aromatic carbocycles. The maximum absolute atomic E-state index is 10.7. The predicted octanol–water partition coefficient (Wildman–Crippen LogP) is 0.482. The van der Waals surface area contributed by atoms with Gasteiger partial charge >= 0.3 is 5.97 Å². The van der Waals surface area contributed by atoms with Gasteiger partial charge in [0.05, 0.1) is 6.54 Å². The van der Waals surface area contributed by atoms with Crippen LogP contribution < -0.4 is 4.57 Å². The van der Waals surface area contributed by atoms with E-state index in [4.69, 9.17) is 4.74 Å². The van der Waals surface area contributed by atoms with E-state index >= 15 is 0 Å². The Morgan fingerprint density at radius 2 is 2.54 bits per heavy atom. The Hall–Kier alpha value is -1.58. The first-order chi connectivity index (χ1) is 6.26. The highest BCUT2D eigenvalue weighted by molar-refractivity contribution is 5.80. The molecule has 1 aromatic heterocycles. The number of rotatable bonds is 4. The third-order valence-electron chi connectivity index (χ3n) is 1.63. The highest BCUT2D eigenvalue weighted by Gasteiger charge is 2.02. The molecule has 0 aliphatic carbocycles. The lowest BCUT2D eigenvalue weighted by atomic mass is 10.7. The Labute approximate surface area is 77.1 Å². The first kappa shape index (κ1) is 9.51. The van der Waals surface area contributed by atoms with Crippen molar-refractivity contribution in [2.24, 2.45) is 0 Å². The largest absolute Gasteiger partial charge is 0.422 e. The van der Waals surface area contributed by atoms with Crippen LogP contribution in [0.1, 0.15) is 6.92 Å². The summed E-state index contributed by atoms with van der Waals surface area (Å²) >= 11 is 0. The van der Waals surface area contributed by atoms with E-state index in [0.717, 1.165) is 12.6 Å². The standard InChI is InChI=1S/C9H13N2O2/c1-3-9(12)13-8-11-6-5-10(4-2)7-11/h3,5-7H,1,4,8H2,2H3/q+1. The van der Waals surface area contributed by atoms with Gasteiger partial charge in [0.15, 0.2) is 0 Å². The SMILES string of the molecule is C=CC(=O)OC[n+]1ccn(CC)c1. The van der Waals surface area contributed by atoms with Crippen molar-refractivity contribution < 1.29 is 14.1 Å². The Morgan fingerprint density at radius 1 is 1.77 bits per heavy atom.